The summed E-state index contributed by atoms with van der Waals surface area (Å²) in [6.45, 7) is 12.6. The molecule has 0 amide bonds. The molecule has 0 N–H and O–H groups in total. The summed E-state index contributed by atoms with van der Waals surface area (Å²) in [4.78, 5) is 23.0. The van der Waals surface area contributed by atoms with Gasteiger partial charge in [-0.1, -0.05) is 0 Å². The molecule has 0 saturated heterocycles. The van der Waals surface area contributed by atoms with Gasteiger partial charge in [0, 0.05) is 11.1 Å². The molecule has 0 fully saturated rings. The lowest BCUT2D eigenvalue weighted by Gasteiger charge is -2.20. The van der Waals surface area contributed by atoms with Crippen molar-refractivity contribution in [3.05, 3.63) is 37.9 Å². The Bertz CT molecular complexity index is 598. The number of carbonyl (C=O) groups is 1. The first kappa shape index (κ1) is 17.1. The molecule has 5 nitrogen and oxygen atoms in total. The van der Waals surface area contributed by atoms with E-state index in [4.69, 9.17) is 4.74 Å². The minimum Gasteiger partial charge on any atom is -0.460 e. The van der Waals surface area contributed by atoms with Gasteiger partial charge in [0.2, 0.25) is 0 Å². The molecule has 1 rings (SSSR count). The lowest BCUT2D eigenvalue weighted by molar-refractivity contribution is -0.386. The van der Waals surface area contributed by atoms with Crippen molar-refractivity contribution in [1.82, 2.24) is 0 Å². The second kappa shape index (κ2) is 5.84. The first-order valence-electron chi connectivity index (χ1n) is 6.91. The number of rotatable bonds is 3. The van der Waals surface area contributed by atoms with E-state index in [0.29, 0.717) is 11.1 Å². The monoisotopic (exact) mass is 293 g/mol. The summed E-state index contributed by atoms with van der Waals surface area (Å²) in [7, 11) is 0. The van der Waals surface area contributed by atoms with Crippen LogP contribution in [0.5, 0.6) is 0 Å². The van der Waals surface area contributed by atoms with Gasteiger partial charge in [0.05, 0.1) is 11.3 Å². The molecule has 0 bridgehead atoms. The van der Waals surface area contributed by atoms with E-state index in [0.717, 1.165) is 16.7 Å². The molecular formula is C16H23NO4. The van der Waals surface area contributed by atoms with Gasteiger partial charge in [-0.2, -0.15) is 0 Å². The Labute approximate surface area is 125 Å². The largest absolute Gasteiger partial charge is 0.460 e. The van der Waals surface area contributed by atoms with Crippen LogP contribution in [0.2, 0.25) is 0 Å². The average molecular weight is 293 g/mol. The first-order chi connectivity index (χ1) is 9.45. The van der Waals surface area contributed by atoms with Crippen LogP contribution in [-0.4, -0.2) is 16.5 Å². The van der Waals surface area contributed by atoms with E-state index >= 15 is 0 Å². The predicted octanol–water partition coefficient (Wildman–Crippen LogP) is 3.71. The summed E-state index contributed by atoms with van der Waals surface area (Å²) < 4.78 is 5.28. The number of nitro groups is 1. The van der Waals surface area contributed by atoms with Gasteiger partial charge in [-0.15, -0.1) is 0 Å². The fourth-order valence-electron chi connectivity index (χ4n) is 2.36. The maximum Gasteiger partial charge on any atom is 0.311 e. The van der Waals surface area contributed by atoms with Crippen molar-refractivity contribution in [3.63, 3.8) is 0 Å². The molecule has 0 saturated carbocycles. The zero-order valence-electron chi connectivity index (χ0n) is 13.8. The second-order valence-electron chi connectivity index (χ2n) is 6.35. The maximum absolute atomic E-state index is 12.0. The zero-order valence-corrected chi connectivity index (χ0v) is 13.8. The highest BCUT2D eigenvalue weighted by atomic mass is 16.6. The highest BCUT2D eigenvalue weighted by molar-refractivity contribution is 5.76. The van der Waals surface area contributed by atoms with Crippen LogP contribution in [0.3, 0.4) is 0 Å². The Balaban J connectivity index is 3.35. The van der Waals surface area contributed by atoms with Crippen LogP contribution in [0.25, 0.3) is 0 Å². The molecule has 0 spiro atoms. The Morgan fingerprint density at radius 1 is 1.05 bits per heavy atom. The molecule has 0 heterocycles. The van der Waals surface area contributed by atoms with Crippen LogP contribution in [0.15, 0.2) is 0 Å². The second-order valence-corrected chi connectivity index (χ2v) is 6.35. The Morgan fingerprint density at radius 2 is 1.52 bits per heavy atom. The highest BCUT2D eigenvalue weighted by Crippen LogP contribution is 2.33. The van der Waals surface area contributed by atoms with Crippen LogP contribution in [0, 0.1) is 37.8 Å². The van der Waals surface area contributed by atoms with E-state index < -0.39 is 16.5 Å². The number of carbonyl (C=O) groups excluding carboxylic acids is 1. The van der Waals surface area contributed by atoms with Crippen LogP contribution < -0.4 is 0 Å². The quantitative estimate of drug-likeness (QED) is 0.484. The molecule has 0 radical (unpaired) electrons. The van der Waals surface area contributed by atoms with Gasteiger partial charge in [0.15, 0.2) is 0 Å². The summed E-state index contributed by atoms with van der Waals surface area (Å²) in [5.41, 5.74) is 3.16. The Hall–Kier alpha value is -1.91. The molecule has 5 heteroatoms. The van der Waals surface area contributed by atoms with Crippen molar-refractivity contribution in [2.24, 2.45) is 0 Å². The molecule has 0 atom stereocenters. The van der Waals surface area contributed by atoms with Crippen molar-refractivity contribution in [3.8, 4) is 0 Å². The minimum atomic E-state index is -0.603. The maximum atomic E-state index is 12.0. The van der Waals surface area contributed by atoms with E-state index in [1.165, 1.54) is 0 Å². The standard InChI is InChI=1S/C16H23NO4/c1-9-10(2)12(4)15(17(19)20)13(11(9)3)8-14(18)21-16(5,6)7/h8H2,1-7H3. The topological polar surface area (TPSA) is 69.4 Å². The molecule has 0 aromatic heterocycles. The van der Waals surface area contributed by atoms with Gasteiger partial charge in [-0.3, -0.25) is 14.9 Å². The summed E-state index contributed by atoms with van der Waals surface area (Å²) in [5, 5.41) is 11.4. The van der Waals surface area contributed by atoms with Gasteiger partial charge in [0.25, 0.3) is 5.69 Å². The van der Waals surface area contributed by atoms with Crippen molar-refractivity contribution in [2.45, 2.75) is 60.5 Å². The predicted molar refractivity (Wildman–Crippen MR) is 81.6 cm³/mol. The van der Waals surface area contributed by atoms with E-state index in [1.54, 1.807) is 27.7 Å². The number of benzene rings is 1. The number of esters is 1. The van der Waals surface area contributed by atoms with Gasteiger partial charge in [-0.25, -0.2) is 0 Å². The van der Waals surface area contributed by atoms with Crippen molar-refractivity contribution < 1.29 is 14.5 Å². The van der Waals surface area contributed by atoms with Crippen LogP contribution >= 0.6 is 0 Å². The van der Waals surface area contributed by atoms with Crippen LogP contribution in [0.4, 0.5) is 5.69 Å². The summed E-state index contributed by atoms with van der Waals surface area (Å²) in [6, 6.07) is 0. The molecule has 0 aliphatic carbocycles. The Morgan fingerprint density at radius 3 is 1.95 bits per heavy atom. The fraction of sp³-hybridized carbons (Fsp3) is 0.562. The molecular weight excluding hydrogens is 270 g/mol. The van der Waals surface area contributed by atoms with Crippen LogP contribution in [0.1, 0.15) is 48.6 Å². The third-order valence-corrected chi connectivity index (χ3v) is 3.70. The lowest BCUT2D eigenvalue weighted by Crippen LogP contribution is -2.25. The van der Waals surface area contributed by atoms with E-state index in [-0.39, 0.29) is 12.1 Å². The smallest absolute Gasteiger partial charge is 0.311 e. The summed E-state index contributed by atoms with van der Waals surface area (Å²) in [6.07, 6.45) is -0.0820. The molecule has 1 aromatic carbocycles. The van der Waals surface area contributed by atoms with Gasteiger partial charge in [0.1, 0.15) is 5.60 Å². The van der Waals surface area contributed by atoms with Crippen LogP contribution in [-0.2, 0) is 16.0 Å². The normalized spacial score (nSPS) is 11.4. The van der Waals surface area contributed by atoms with E-state index in [2.05, 4.69) is 0 Å². The van der Waals surface area contributed by atoms with Crippen molar-refractivity contribution in [1.29, 1.82) is 0 Å². The molecule has 1 aromatic rings. The van der Waals surface area contributed by atoms with E-state index in [9.17, 15) is 14.9 Å². The molecule has 116 valence electrons. The van der Waals surface area contributed by atoms with Gasteiger partial charge < -0.3 is 4.74 Å². The van der Waals surface area contributed by atoms with Gasteiger partial charge in [-0.05, 0) is 65.2 Å². The third-order valence-electron chi connectivity index (χ3n) is 3.70. The molecule has 0 aliphatic rings. The Kier molecular flexibility index (Phi) is 4.76. The fourth-order valence-corrected chi connectivity index (χ4v) is 2.36. The molecule has 0 aliphatic heterocycles. The number of nitro benzene ring substituents is 1. The number of ether oxygens (including phenoxy) is 1. The zero-order chi connectivity index (χ0) is 16.5. The summed E-state index contributed by atoms with van der Waals surface area (Å²) >= 11 is 0. The van der Waals surface area contributed by atoms with E-state index in [1.807, 2.05) is 20.8 Å². The SMILES string of the molecule is Cc1c(C)c(C)c([N+](=O)[O-])c(CC(=O)OC(C)(C)C)c1C. The summed E-state index contributed by atoms with van der Waals surface area (Å²) in [5.74, 6) is -0.448. The number of hydrogen-bond acceptors (Lipinski definition) is 4. The third kappa shape index (κ3) is 3.80. The number of nitrogens with zero attached hydrogens (tertiary/aromatic N) is 1. The van der Waals surface area contributed by atoms with Gasteiger partial charge >= 0.3 is 5.97 Å². The lowest BCUT2D eigenvalue weighted by atomic mass is 9.91. The number of hydrogen-bond donors (Lipinski definition) is 0. The molecule has 21 heavy (non-hydrogen) atoms. The molecule has 0 unspecified atom stereocenters. The minimum absolute atomic E-state index is 0.0291. The first-order valence-corrected chi connectivity index (χ1v) is 6.91. The average Bonchev–Trinajstić information content (AvgIpc) is 2.30. The van der Waals surface area contributed by atoms with Crippen molar-refractivity contribution >= 4 is 11.7 Å². The van der Waals surface area contributed by atoms with Crippen molar-refractivity contribution in [2.75, 3.05) is 0 Å². The highest BCUT2D eigenvalue weighted by Gasteiger charge is 2.27.